The number of nitrogens with zero attached hydrogens (tertiary/aromatic N) is 2. The van der Waals surface area contributed by atoms with E-state index in [-0.39, 0.29) is 5.91 Å². The van der Waals surface area contributed by atoms with E-state index in [0.717, 1.165) is 30.1 Å². The number of carbonyl (C=O) groups excluding carboxylic acids is 1. The van der Waals surface area contributed by atoms with Gasteiger partial charge in [0.1, 0.15) is 0 Å². The number of aryl methyl sites for hydroxylation is 1. The monoisotopic (exact) mass is 304 g/mol. The number of carbonyl (C=O) groups is 1. The van der Waals surface area contributed by atoms with E-state index in [9.17, 15) is 4.79 Å². The maximum atomic E-state index is 12.4. The SMILES string of the molecule is Cc1nc(/C=C/C(=O)N(Cc2cccs2)C2CC2)cs1. The molecule has 1 aliphatic rings. The van der Waals surface area contributed by atoms with Crippen LogP contribution in [0, 0.1) is 6.92 Å². The minimum atomic E-state index is 0.0894. The Kier molecular flexibility index (Phi) is 3.98. The largest absolute Gasteiger partial charge is 0.331 e. The van der Waals surface area contributed by atoms with Crippen LogP contribution in [0.3, 0.4) is 0 Å². The van der Waals surface area contributed by atoms with Gasteiger partial charge in [0.15, 0.2) is 0 Å². The van der Waals surface area contributed by atoms with Crippen LogP contribution >= 0.6 is 22.7 Å². The van der Waals surface area contributed by atoms with Crippen molar-refractivity contribution in [1.82, 2.24) is 9.88 Å². The van der Waals surface area contributed by atoms with Crippen molar-refractivity contribution in [1.29, 1.82) is 0 Å². The first-order valence-electron chi connectivity index (χ1n) is 6.65. The Morgan fingerprint density at radius 1 is 1.50 bits per heavy atom. The molecule has 2 heterocycles. The van der Waals surface area contributed by atoms with Gasteiger partial charge < -0.3 is 4.90 Å². The van der Waals surface area contributed by atoms with Crippen molar-refractivity contribution < 1.29 is 4.79 Å². The van der Waals surface area contributed by atoms with Crippen LogP contribution in [-0.2, 0) is 11.3 Å². The normalized spacial score (nSPS) is 14.8. The molecule has 1 saturated carbocycles. The zero-order valence-electron chi connectivity index (χ0n) is 11.3. The molecule has 0 atom stereocenters. The smallest absolute Gasteiger partial charge is 0.247 e. The average Bonchev–Trinajstić information content (AvgIpc) is 2.97. The molecule has 3 rings (SSSR count). The molecular formula is C15H16N2OS2. The third-order valence-corrected chi connectivity index (χ3v) is 4.86. The van der Waals surface area contributed by atoms with Gasteiger partial charge in [-0.1, -0.05) is 6.07 Å². The minimum Gasteiger partial charge on any atom is -0.331 e. The fourth-order valence-corrected chi connectivity index (χ4v) is 3.34. The quantitative estimate of drug-likeness (QED) is 0.789. The zero-order valence-corrected chi connectivity index (χ0v) is 12.9. The summed E-state index contributed by atoms with van der Waals surface area (Å²) < 4.78 is 0. The van der Waals surface area contributed by atoms with Gasteiger partial charge in [-0.15, -0.1) is 22.7 Å². The lowest BCUT2D eigenvalue weighted by Gasteiger charge is -2.19. The fourth-order valence-electron chi connectivity index (χ4n) is 2.05. The van der Waals surface area contributed by atoms with Crippen LogP contribution in [0.15, 0.2) is 29.0 Å². The summed E-state index contributed by atoms with van der Waals surface area (Å²) in [7, 11) is 0. The summed E-state index contributed by atoms with van der Waals surface area (Å²) in [5, 5.41) is 5.05. The van der Waals surface area contributed by atoms with Crippen molar-refractivity contribution in [2.24, 2.45) is 0 Å². The van der Waals surface area contributed by atoms with Crippen molar-refractivity contribution in [3.8, 4) is 0 Å². The van der Waals surface area contributed by atoms with Crippen LogP contribution < -0.4 is 0 Å². The van der Waals surface area contributed by atoms with Crippen molar-refractivity contribution in [2.75, 3.05) is 0 Å². The Morgan fingerprint density at radius 2 is 2.35 bits per heavy atom. The van der Waals surface area contributed by atoms with E-state index in [1.165, 1.54) is 4.88 Å². The third kappa shape index (κ3) is 3.35. The van der Waals surface area contributed by atoms with Crippen LogP contribution in [0.4, 0.5) is 0 Å². The van der Waals surface area contributed by atoms with Crippen LogP contribution in [0.1, 0.15) is 28.4 Å². The Balaban J connectivity index is 1.68. The molecule has 20 heavy (non-hydrogen) atoms. The van der Waals surface area contributed by atoms with Crippen LogP contribution in [0.5, 0.6) is 0 Å². The van der Waals surface area contributed by atoms with Gasteiger partial charge in [0, 0.05) is 22.4 Å². The van der Waals surface area contributed by atoms with Crippen LogP contribution in [-0.4, -0.2) is 21.8 Å². The van der Waals surface area contributed by atoms with Crippen molar-refractivity contribution >= 4 is 34.7 Å². The van der Waals surface area contributed by atoms with Gasteiger partial charge in [-0.2, -0.15) is 0 Å². The maximum Gasteiger partial charge on any atom is 0.247 e. The third-order valence-electron chi connectivity index (χ3n) is 3.21. The fraction of sp³-hybridized carbons (Fsp3) is 0.333. The molecule has 0 unspecified atom stereocenters. The molecule has 2 aromatic rings. The lowest BCUT2D eigenvalue weighted by Crippen LogP contribution is -2.30. The molecule has 2 aromatic heterocycles. The predicted molar refractivity (Wildman–Crippen MR) is 83.8 cm³/mol. The molecule has 0 radical (unpaired) electrons. The highest BCUT2D eigenvalue weighted by molar-refractivity contribution is 7.10. The summed E-state index contributed by atoms with van der Waals surface area (Å²) in [6.45, 7) is 2.69. The number of hydrogen-bond acceptors (Lipinski definition) is 4. The lowest BCUT2D eigenvalue weighted by atomic mass is 10.3. The molecule has 1 aliphatic carbocycles. The topological polar surface area (TPSA) is 33.2 Å². The van der Waals surface area contributed by atoms with E-state index in [4.69, 9.17) is 0 Å². The summed E-state index contributed by atoms with van der Waals surface area (Å²) in [5.74, 6) is 0.0894. The lowest BCUT2D eigenvalue weighted by molar-refractivity contribution is -0.127. The highest BCUT2D eigenvalue weighted by Gasteiger charge is 2.31. The predicted octanol–water partition coefficient (Wildman–Crippen LogP) is 3.72. The van der Waals surface area contributed by atoms with Crippen molar-refractivity contribution in [2.45, 2.75) is 32.4 Å². The van der Waals surface area contributed by atoms with Gasteiger partial charge in [0.25, 0.3) is 0 Å². The number of hydrogen-bond donors (Lipinski definition) is 0. The molecule has 104 valence electrons. The molecule has 0 spiro atoms. The molecule has 1 fully saturated rings. The Hall–Kier alpha value is -1.46. The number of thiazole rings is 1. The molecule has 3 nitrogen and oxygen atoms in total. The molecule has 1 amide bonds. The summed E-state index contributed by atoms with van der Waals surface area (Å²) >= 11 is 3.30. The molecule has 0 bridgehead atoms. The first-order valence-corrected chi connectivity index (χ1v) is 8.41. The summed E-state index contributed by atoms with van der Waals surface area (Å²) in [4.78, 5) is 19.9. The Morgan fingerprint density at radius 3 is 2.95 bits per heavy atom. The standard InChI is InChI=1S/C15H16N2OS2/c1-11-16-12(10-20-11)4-7-15(18)17(13-5-6-13)9-14-3-2-8-19-14/h2-4,7-8,10,13H,5-6,9H2,1H3/b7-4+. The van der Waals surface area contributed by atoms with Crippen molar-refractivity contribution in [3.63, 3.8) is 0 Å². The second-order valence-corrected chi connectivity index (χ2v) is 7.00. The first-order chi connectivity index (χ1) is 9.72. The summed E-state index contributed by atoms with van der Waals surface area (Å²) in [6.07, 6.45) is 5.72. The molecule has 0 N–H and O–H groups in total. The van der Waals surface area contributed by atoms with Gasteiger partial charge >= 0.3 is 0 Å². The van der Waals surface area contributed by atoms with E-state index in [1.807, 2.05) is 29.3 Å². The van der Waals surface area contributed by atoms with Gasteiger partial charge in [0.05, 0.1) is 17.2 Å². The van der Waals surface area contributed by atoms with E-state index in [0.29, 0.717) is 6.04 Å². The summed E-state index contributed by atoms with van der Waals surface area (Å²) in [6, 6.07) is 4.54. The first kappa shape index (κ1) is 13.5. The van der Waals surface area contributed by atoms with Crippen LogP contribution in [0.25, 0.3) is 6.08 Å². The molecule has 0 aliphatic heterocycles. The van der Waals surface area contributed by atoms with E-state index in [1.54, 1.807) is 28.7 Å². The Labute approximate surface area is 126 Å². The minimum absolute atomic E-state index is 0.0894. The van der Waals surface area contributed by atoms with E-state index in [2.05, 4.69) is 16.4 Å². The second-order valence-electron chi connectivity index (χ2n) is 4.90. The molecule has 5 heteroatoms. The molecule has 0 saturated heterocycles. The van der Waals surface area contributed by atoms with Crippen molar-refractivity contribution in [3.05, 3.63) is 44.5 Å². The highest BCUT2D eigenvalue weighted by atomic mass is 32.1. The van der Waals surface area contributed by atoms with Crippen LogP contribution in [0.2, 0.25) is 0 Å². The van der Waals surface area contributed by atoms with Gasteiger partial charge in [-0.3, -0.25) is 4.79 Å². The average molecular weight is 304 g/mol. The molecular weight excluding hydrogens is 288 g/mol. The second kappa shape index (κ2) is 5.89. The van der Waals surface area contributed by atoms with E-state index < -0.39 is 0 Å². The van der Waals surface area contributed by atoms with Gasteiger partial charge in [0.2, 0.25) is 5.91 Å². The highest BCUT2D eigenvalue weighted by Crippen LogP contribution is 2.29. The van der Waals surface area contributed by atoms with Gasteiger partial charge in [-0.05, 0) is 37.3 Å². The summed E-state index contributed by atoms with van der Waals surface area (Å²) in [5.41, 5.74) is 0.868. The number of aromatic nitrogens is 1. The maximum absolute atomic E-state index is 12.4. The van der Waals surface area contributed by atoms with Gasteiger partial charge in [-0.25, -0.2) is 4.98 Å². The van der Waals surface area contributed by atoms with E-state index >= 15 is 0 Å². The molecule has 0 aromatic carbocycles. The number of thiophene rings is 1. The zero-order chi connectivity index (χ0) is 13.9. The number of amides is 1. The number of rotatable bonds is 5. The Bertz CT molecular complexity index is 612.